The second kappa shape index (κ2) is 11.0. The van der Waals surface area contributed by atoms with Crippen LogP contribution in [0.2, 0.25) is 10.0 Å². The van der Waals surface area contributed by atoms with Crippen LogP contribution in [0.3, 0.4) is 0 Å². The third kappa shape index (κ3) is 4.68. The SMILES string of the molecule is CCCCN1C(=O)C(=O)/C(=C(/O)c2cc(Cl)c(OC)c(Cl)c2OC)C1c1cccc(OCC)c1. The van der Waals surface area contributed by atoms with Crippen LogP contribution in [-0.4, -0.2) is 49.1 Å². The van der Waals surface area contributed by atoms with Crippen LogP contribution in [-0.2, 0) is 9.59 Å². The molecule has 0 aromatic heterocycles. The molecular formula is C25H27Cl2NO6. The standard InChI is InChI=1S/C25H27Cl2NO6/c1-5-7-11-28-20(14-9-8-10-15(12-14)34-6-2)18(22(30)25(28)31)21(29)16-13-17(26)24(33-4)19(27)23(16)32-3/h8-10,12-13,20,29H,5-7,11H2,1-4H3/b21-18+. The van der Waals surface area contributed by atoms with Crippen molar-refractivity contribution in [3.05, 3.63) is 57.1 Å². The summed E-state index contributed by atoms with van der Waals surface area (Å²) >= 11 is 12.7. The van der Waals surface area contributed by atoms with E-state index in [-0.39, 0.29) is 32.7 Å². The van der Waals surface area contributed by atoms with Crippen LogP contribution in [0.15, 0.2) is 35.9 Å². The zero-order valence-corrected chi connectivity index (χ0v) is 21.0. The molecule has 1 amide bonds. The number of ether oxygens (including phenoxy) is 3. The van der Waals surface area contributed by atoms with Gasteiger partial charge in [-0.15, -0.1) is 0 Å². The maximum Gasteiger partial charge on any atom is 0.295 e. The van der Waals surface area contributed by atoms with Gasteiger partial charge in [0.2, 0.25) is 0 Å². The molecule has 9 heteroatoms. The molecule has 0 saturated carbocycles. The van der Waals surface area contributed by atoms with Gasteiger partial charge in [0.25, 0.3) is 11.7 Å². The normalized spacial score (nSPS) is 17.2. The lowest BCUT2D eigenvalue weighted by atomic mass is 9.94. The molecule has 1 N–H and O–H groups in total. The summed E-state index contributed by atoms with van der Waals surface area (Å²) in [5.41, 5.74) is 0.635. The van der Waals surface area contributed by atoms with E-state index in [1.165, 1.54) is 25.2 Å². The molecule has 3 rings (SSSR count). The summed E-state index contributed by atoms with van der Waals surface area (Å²) in [5.74, 6) is -1.10. The number of ketones is 1. The number of carbonyl (C=O) groups excluding carboxylic acids is 2. The third-order valence-electron chi connectivity index (χ3n) is 5.57. The predicted octanol–water partition coefficient (Wildman–Crippen LogP) is 5.63. The predicted molar refractivity (Wildman–Crippen MR) is 131 cm³/mol. The summed E-state index contributed by atoms with van der Waals surface area (Å²) < 4.78 is 16.2. The van der Waals surface area contributed by atoms with E-state index < -0.39 is 23.5 Å². The first kappa shape index (κ1) is 25.7. The van der Waals surface area contributed by atoms with Gasteiger partial charge >= 0.3 is 0 Å². The zero-order valence-electron chi connectivity index (χ0n) is 19.5. The molecule has 1 heterocycles. The minimum Gasteiger partial charge on any atom is -0.507 e. The maximum absolute atomic E-state index is 13.2. The molecule has 2 aromatic rings. The van der Waals surface area contributed by atoms with Gasteiger partial charge in [0, 0.05) is 6.54 Å². The van der Waals surface area contributed by atoms with Crippen LogP contribution in [0, 0.1) is 0 Å². The molecule has 0 aliphatic carbocycles. The summed E-state index contributed by atoms with van der Waals surface area (Å²) in [5, 5.41) is 11.5. The molecule has 1 unspecified atom stereocenters. The van der Waals surface area contributed by atoms with Gasteiger partial charge < -0.3 is 24.2 Å². The molecule has 34 heavy (non-hydrogen) atoms. The molecule has 2 aromatic carbocycles. The monoisotopic (exact) mass is 507 g/mol. The maximum atomic E-state index is 13.2. The Labute approximate surface area is 208 Å². The fourth-order valence-electron chi connectivity index (χ4n) is 4.02. The van der Waals surface area contributed by atoms with Crippen molar-refractivity contribution < 1.29 is 28.9 Å². The summed E-state index contributed by atoms with van der Waals surface area (Å²) in [7, 11) is 2.77. The Morgan fingerprint density at radius 3 is 2.41 bits per heavy atom. The topological polar surface area (TPSA) is 85.3 Å². The number of nitrogens with zero attached hydrogens (tertiary/aromatic N) is 1. The van der Waals surface area contributed by atoms with E-state index in [2.05, 4.69) is 0 Å². The first-order valence-corrected chi connectivity index (χ1v) is 11.7. The molecular weight excluding hydrogens is 481 g/mol. The van der Waals surface area contributed by atoms with Gasteiger partial charge in [-0.05, 0) is 37.1 Å². The molecule has 1 saturated heterocycles. The van der Waals surface area contributed by atoms with E-state index in [1.807, 2.05) is 13.8 Å². The molecule has 0 bridgehead atoms. The molecule has 1 aliphatic rings. The highest BCUT2D eigenvalue weighted by molar-refractivity contribution is 6.47. The summed E-state index contributed by atoms with van der Waals surface area (Å²) in [4.78, 5) is 27.7. The fraction of sp³-hybridized carbons (Fsp3) is 0.360. The second-order valence-corrected chi connectivity index (χ2v) is 8.42. The number of aliphatic hydroxyl groups excluding tert-OH is 1. The summed E-state index contributed by atoms with van der Waals surface area (Å²) in [6, 6.07) is 7.69. The number of methoxy groups -OCH3 is 2. The van der Waals surface area contributed by atoms with E-state index in [0.29, 0.717) is 30.9 Å². The number of rotatable bonds is 9. The van der Waals surface area contributed by atoms with Gasteiger partial charge in [0.05, 0.1) is 43.0 Å². The van der Waals surface area contributed by atoms with E-state index in [4.69, 9.17) is 37.4 Å². The van der Waals surface area contributed by atoms with E-state index >= 15 is 0 Å². The Morgan fingerprint density at radius 2 is 1.79 bits per heavy atom. The van der Waals surface area contributed by atoms with Crippen molar-refractivity contribution in [1.29, 1.82) is 0 Å². The van der Waals surface area contributed by atoms with Crippen molar-refractivity contribution in [3.8, 4) is 17.2 Å². The van der Waals surface area contributed by atoms with Crippen LogP contribution in [0.1, 0.15) is 43.9 Å². The average Bonchev–Trinajstić information content (AvgIpc) is 3.07. The minimum atomic E-state index is -0.823. The van der Waals surface area contributed by atoms with E-state index in [9.17, 15) is 14.7 Å². The van der Waals surface area contributed by atoms with Crippen LogP contribution in [0.5, 0.6) is 17.2 Å². The van der Waals surface area contributed by atoms with Gasteiger partial charge in [-0.25, -0.2) is 0 Å². The van der Waals surface area contributed by atoms with Gasteiger partial charge in [0.1, 0.15) is 16.5 Å². The Morgan fingerprint density at radius 1 is 1.09 bits per heavy atom. The quantitative estimate of drug-likeness (QED) is 0.269. The minimum absolute atomic E-state index is 0.0363. The lowest BCUT2D eigenvalue weighted by Gasteiger charge is -2.26. The molecule has 1 atom stereocenters. The number of likely N-dealkylation sites (tertiary alicyclic amines) is 1. The van der Waals surface area contributed by atoms with Crippen LogP contribution in [0.25, 0.3) is 5.76 Å². The number of amides is 1. The van der Waals surface area contributed by atoms with E-state index in [1.54, 1.807) is 24.3 Å². The number of aliphatic hydroxyl groups is 1. The second-order valence-electron chi connectivity index (χ2n) is 7.64. The van der Waals surface area contributed by atoms with Crippen LogP contribution >= 0.6 is 23.2 Å². The number of halogens is 2. The van der Waals surface area contributed by atoms with Gasteiger partial charge in [-0.1, -0.05) is 48.7 Å². The number of hydrogen-bond donors (Lipinski definition) is 1. The Balaban J connectivity index is 2.28. The van der Waals surface area contributed by atoms with Crippen molar-refractivity contribution in [2.45, 2.75) is 32.7 Å². The molecule has 1 fully saturated rings. The smallest absolute Gasteiger partial charge is 0.295 e. The molecule has 182 valence electrons. The Bertz CT molecular complexity index is 1130. The Hall–Kier alpha value is -2.90. The molecule has 0 spiro atoms. The van der Waals surface area contributed by atoms with Crippen molar-refractivity contribution in [3.63, 3.8) is 0 Å². The molecule has 7 nitrogen and oxygen atoms in total. The highest BCUT2D eigenvalue weighted by Gasteiger charge is 2.46. The van der Waals surface area contributed by atoms with Crippen molar-refractivity contribution in [2.24, 2.45) is 0 Å². The number of Topliss-reactive ketones (excluding diaryl/α,β-unsaturated/α-hetero) is 1. The average molecular weight is 508 g/mol. The number of unbranched alkanes of at least 4 members (excludes halogenated alkanes) is 1. The van der Waals surface area contributed by atoms with Gasteiger partial charge in [0.15, 0.2) is 11.5 Å². The number of hydrogen-bond acceptors (Lipinski definition) is 6. The third-order valence-corrected chi connectivity index (χ3v) is 6.20. The highest BCUT2D eigenvalue weighted by Crippen LogP contribution is 2.47. The largest absolute Gasteiger partial charge is 0.507 e. The van der Waals surface area contributed by atoms with E-state index in [0.717, 1.165) is 6.42 Å². The number of benzene rings is 2. The summed E-state index contributed by atoms with van der Waals surface area (Å²) in [6.45, 7) is 4.67. The van der Waals surface area contributed by atoms with Crippen molar-refractivity contribution >= 4 is 40.7 Å². The first-order valence-electron chi connectivity index (χ1n) is 10.9. The van der Waals surface area contributed by atoms with Crippen molar-refractivity contribution in [1.82, 2.24) is 4.90 Å². The zero-order chi connectivity index (χ0) is 25.0. The molecule has 0 radical (unpaired) electrons. The Kier molecular flexibility index (Phi) is 8.33. The number of carbonyl (C=O) groups is 2. The fourth-order valence-corrected chi connectivity index (χ4v) is 4.71. The van der Waals surface area contributed by atoms with Crippen LogP contribution < -0.4 is 14.2 Å². The summed E-state index contributed by atoms with van der Waals surface area (Å²) in [6.07, 6.45) is 1.52. The van der Waals surface area contributed by atoms with Crippen LogP contribution in [0.4, 0.5) is 0 Å². The van der Waals surface area contributed by atoms with Crippen molar-refractivity contribution in [2.75, 3.05) is 27.4 Å². The lowest BCUT2D eigenvalue weighted by Crippen LogP contribution is -2.30. The highest BCUT2D eigenvalue weighted by atomic mass is 35.5. The lowest BCUT2D eigenvalue weighted by molar-refractivity contribution is -0.139. The van der Waals surface area contributed by atoms with Gasteiger partial charge in [-0.3, -0.25) is 9.59 Å². The molecule has 1 aliphatic heterocycles. The first-order chi connectivity index (χ1) is 16.3. The van der Waals surface area contributed by atoms with Gasteiger partial charge in [-0.2, -0.15) is 0 Å².